The van der Waals surface area contributed by atoms with Crippen LogP contribution < -0.4 is 26.8 Å². The van der Waals surface area contributed by atoms with E-state index in [1.54, 1.807) is 5.38 Å². The minimum Gasteiger partial charge on any atom is -0.383 e. The quantitative estimate of drug-likeness (QED) is 0.633. The lowest BCUT2D eigenvalue weighted by atomic mass is 10.2. The average molecular weight is 424 g/mol. The van der Waals surface area contributed by atoms with Crippen LogP contribution in [0.4, 0.5) is 11.5 Å². The van der Waals surface area contributed by atoms with Gasteiger partial charge in [-0.05, 0) is 19.3 Å². The van der Waals surface area contributed by atoms with Crippen molar-refractivity contribution in [3.63, 3.8) is 0 Å². The number of anilines is 2. The van der Waals surface area contributed by atoms with Crippen LogP contribution in [0.25, 0.3) is 0 Å². The summed E-state index contributed by atoms with van der Waals surface area (Å²) in [6.07, 6.45) is 1.53. The number of hydrogen-bond donors (Lipinski definition) is 2. The molecule has 0 spiro atoms. The van der Waals surface area contributed by atoms with Crippen molar-refractivity contribution in [2.75, 3.05) is 17.2 Å². The first-order valence-corrected chi connectivity index (χ1v) is 10.6. The number of nitrogens with one attached hydrogen (secondary N) is 1. The number of thiazole rings is 1. The molecule has 0 unspecified atom stereocenters. The summed E-state index contributed by atoms with van der Waals surface area (Å²) >= 11 is 1.08. The predicted octanol–water partition coefficient (Wildman–Crippen LogP) is 1.53. The molecule has 2 aromatic rings. The van der Waals surface area contributed by atoms with Gasteiger partial charge in [0, 0.05) is 37.1 Å². The van der Waals surface area contributed by atoms with E-state index in [9.17, 15) is 19.2 Å². The van der Waals surface area contributed by atoms with Crippen LogP contribution in [0.15, 0.2) is 19.8 Å². The lowest BCUT2D eigenvalue weighted by Gasteiger charge is -2.25. The summed E-state index contributed by atoms with van der Waals surface area (Å²) in [6, 6.07) is 0. The summed E-state index contributed by atoms with van der Waals surface area (Å²) in [6.45, 7) is 8.49. The third-order valence-corrected chi connectivity index (χ3v) is 5.47. The van der Waals surface area contributed by atoms with Gasteiger partial charge >= 0.3 is 10.6 Å². The fourth-order valence-corrected chi connectivity index (χ4v) is 3.84. The van der Waals surface area contributed by atoms with Crippen LogP contribution in [-0.4, -0.2) is 26.6 Å². The summed E-state index contributed by atoms with van der Waals surface area (Å²) in [4.78, 5) is 53.2. The van der Waals surface area contributed by atoms with Gasteiger partial charge in [-0.25, -0.2) is 4.79 Å². The van der Waals surface area contributed by atoms with Gasteiger partial charge in [0.25, 0.3) is 5.56 Å². The number of rotatable bonds is 9. The van der Waals surface area contributed by atoms with Gasteiger partial charge in [0.2, 0.25) is 5.91 Å². The molecule has 2 aromatic heterocycles. The first kappa shape index (κ1) is 22.7. The molecule has 2 rings (SSSR count). The molecular weight excluding hydrogens is 394 g/mol. The molecule has 2 heterocycles. The zero-order chi connectivity index (χ0) is 21.7. The van der Waals surface area contributed by atoms with E-state index in [2.05, 4.69) is 4.98 Å². The Labute approximate surface area is 172 Å². The van der Waals surface area contributed by atoms with Crippen LogP contribution in [0, 0.1) is 12.8 Å². The Balaban J connectivity index is 2.41. The van der Waals surface area contributed by atoms with Crippen molar-refractivity contribution in [2.24, 2.45) is 5.92 Å². The minimum atomic E-state index is -0.680. The highest BCUT2D eigenvalue weighted by Gasteiger charge is 2.24. The average Bonchev–Trinajstić information content (AvgIpc) is 2.97. The lowest BCUT2D eigenvalue weighted by Crippen LogP contribution is -2.42. The smallest absolute Gasteiger partial charge is 0.330 e. The SMILES string of the molecule is CCCCN(C(=O)CCn1c(C)csc1=O)c1c(N)n(CC(C)C)c(=O)[nH]c1=O. The summed E-state index contributed by atoms with van der Waals surface area (Å²) in [5.41, 5.74) is 5.69. The number of H-pyrrole nitrogens is 1. The maximum absolute atomic E-state index is 13.0. The highest BCUT2D eigenvalue weighted by molar-refractivity contribution is 7.07. The highest BCUT2D eigenvalue weighted by Crippen LogP contribution is 2.19. The summed E-state index contributed by atoms with van der Waals surface area (Å²) < 4.78 is 2.83. The van der Waals surface area contributed by atoms with Crippen molar-refractivity contribution >= 4 is 28.7 Å². The number of aryl methyl sites for hydroxylation is 1. The molecule has 0 aliphatic carbocycles. The van der Waals surface area contributed by atoms with Gasteiger partial charge in [0.1, 0.15) is 5.82 Å². The molecule has 0 saturated heterocycles. The molecule has 0 aliphatic heterocycles. The van der Waals surface area contributed by atoms with Crippen LogP contribution in [0.2, 0.25) is 0 Å². The zero-order valence-electron chi connectivity index (χ0n) is 17.4. The minimum absolute atomic E-state index is 0.00177. The number of hydrogen-bond acceptors (Lipinski definition) is 6. The summed E-state index contributed by atoms with van der Waals surface area (Å²) in [7, 11) is 0. The van der Waals surface area contributed by atoms with Gasteiger partial charge in [0.15, 0.2) is 5.69 Å². The molecule has 10 heteroatoms. The van der Waals surface area contributed by atoms with Crippen LogP contribution >= 0.6 is 11.3 Å². The normalized spacial score (nSPS) is 11.2. The van der Waals surface area contributed by atoms with Gasteiger partial charge in [0.05, 0.1) is 0 Å². The Morgan fingerprint density at radius 1 is 1.28 bits per heavy atom. The van der Waals surface area contributed by atoms with Gasteiger partial charge < -0.3 is 15.2 Å². The van der Waals surface area contributed by atoms with Crippen molar-refractivity contribution in [3.8, 4) is 0 Å². The third-order valence-electron chi connectivity index (χ3n) is 4.59. The van der Waals surface area contributed by atoms with E-state index in [-0.39, 0.29) is 41.2 Å². The Kier molecular flexibility index (Phi) is 7.60. The van der Waals surface area contributed by atoms with E-state index in [0.717, 1.165) is 23.5 Å². The number of carbonyl (C=O) groups excluding carboxylic acids is 1. The molecular formula is C19H29N5O4S. The van der Waals surface area contributed by atoms with E-state index in [1.807, 2.05) is 27.7 Å². The van der Waals surface area contributed by atoms with Gasteiger partial charge in [-0.2, -0.15) is 0 Å². The molecule has 160 valence electrons. The molecule has 0 radical (unpaired) electrons. The standard InChI is InChI=1S/C19H29N5O4S/c1-5-6-8-23(14(25)7-9-22-13(4)11-29-19(22)28)15-16(20)24(10-12(2)3)18(27)21-17(15)26/h11-12H,5-10,20H2,1-4H3,(H,21,26,27). The van der Waals surface area contributed by atoms with Gasteiger partial charge in [-0.3, -0.25) is 23.9 Å². The Morgan fingerprint density at radius 2 is 1.97 bits per heavy atom. The summed E-state index contributed by atoms with van der Waals surface area (Å²) in [5, 5.41) is 1.74. The van der Waals surface area contributed by atoms with Crippen LogP contribution in [-0.2, 0) is 17.9 Å². The number of nitrogens with zero attached hydrogens (tertiary/aromatic N) is 3. The molecule has 0 aliphatic rings. The van der Waals surface area contributed by atoms with Crippen LogP contribution in [0.5, 0.6) is 0 Å². The van der Waals surface area contributed by atoms with Crippen molar-refractivity contribution in [3.05, 3.63) is 41.6 Å². The molecule has 0 bridgehead atoms. The topological polar surface area (TPSA) is 123 Å². The van der Waals surface area contributed by atoms with Crippen LogP contribution in [0.3, 0.4) is 0 Å². The Bertz CT molecular complexity index is 1030. The monoisotopic (exact) mass is 423 g/mol. The Hall–Kier alpha value is -2.62. The second kappa shape index (κ2) is 9.73. The van der Waals surface area contributed by atoms with Crippen molar-refractivity contribution in [1.29, 1.82) is 0 Å². The van der Waals surface area contributed by atoms with E-state index in [1.165, 1.54) is 14.0 Å². The predicted molar refractivity (Wildman–Crippen MR) is 116 cm³/mol. The number of aromatic amines is 1. The maximum atomic E-state index is 13.0. The number of unbranched alkanes of at least 4 members (excludes halogenated alkanes) is 1. The number of carbonyl (C=O) groups is 1. The van der Waals surface area contributed by atoms with Gasteiger partial charge in [-0.1, -0.05) is 38.5 Å². The molecule has 29 heavy (non-hydrogen) atoms. The molecule has 0 saturated carbocycles. The first-order valence-electron chi connectivity index (χ1n) is 9.75. The first-order chi connectivity index (χ1) is 13.7. The zero-order valence-corrected chi connectivity index (χ0v) is 18.2. The highest BCUT2D eigenvalue weighted by atomic mass is 32.1. The van der Waals surface area contributed by atoms with E-state index in [4.69, 9.17) is 5.73 Å². The lowest BCUT2D eigenvalue weighted by molar-refractivity contribution is -0.118. The second-order valence-electron chi connectivity index (χ2n) is 7.44. The van der Waals surface area contributed by atoms with Gasteiger partial charge in [-0.15, -0.1) is 0 Å². The number of nitrogen functional groups attached to an aromatic ring is 1. The molecule has 0 atom stereocenters. The van der Waals surface area contributed by atoms with E-state index in [0.29, 0.717) is 19.5 Å². The number of nitrogens with two attached hydrogens (primary N) is 1. The molecule has 3 N–H and O–H groups in total. The van der Waals surface area contributed by atoms with Crippen molar-refractivity contribution < 1.29 is 4.79 Å². The molecule has 0 aromatic carbocycles. The fourth-order valence-electron chi connectivity index (χ4n) is 3.08. The van der Waals surface area contributed by atoms with E-state index >= 15 is 0 Å². The fraction of sp³-hybridized carbons (Fsp3) is 0.579. The second-order valence-corrected chi connectivity index (χ2v) is 8.26. The number of aromatic nitrogens is 3. The molecule has 1 amide bonds. The van der Waals surface area contributed by atoms with E-state index < -0.39 is 11.2 Å². The van der Waals surface area contributed by atoms with Crippen molar-refractivity contribution in [1.82, 2.24) is 14.1 Å². The maximum Gasteiger partial charge on any atom is 0.330 e. The largest absolute Gasteiger partial charge is 0.383 e. The third kappa shape index (κ3) is 5.26. The summed E-state index contributed by atoms with van der Waals surface area (Å²) in [5.74, 6) is -0.203. The van der Waals surface area contributed by atoms with Crippen molar-refractivity contribution in [2.45, 2.75) is 60.0 Å². The molecule has 0 fully saturated rings. The molecule has 9 nitrogen and oxygen atoms in total. The Morgan fingerprint density at radius 3 is 2.52 bits per heavy atom. The van der Waals surface area contributed by atoms with Crippen LogP contribution in [0.1, 0.15) is 45.7 Å². The number of amides is 1.